The number of carbonyl (C=O) groups is 1. The van der Waals surface area contributed by atoms with Crippen molar-refractivity contribution in [3.63, 3.8) is 0 Å². The molecule has 3 aromatic rings. The molecule has 0 saturated carbocycles. The molecule has 0 radical (unpaired) electrons. The Kier molecular flexibility index (Phi) is 4.69. The van der Waals surface area contributed by atoms with Crippen LogP contribution in [0.1, 0.15) is 21.6 Å². The maximum atomic E-state index is 13.6. The van der Waals surface area contributed by atoms with Crippen LogP contribution in [0.4, 0.5) is 18.9 Å². The number of hydrogen-bond donors (Lipinski definition) is 1. The number of nitrogens with one attached hydrogen (secondary N) is 1. The Morgan fingerprint density at radius 2 is 1.92 bits per heavy atom. The van der Waals surface area contributed by atoms with E-state index in [-0.39, 0.29) is 10.8 Å². The summed E-state index contributed by atoms with van der Waals surface area (Å²) in [7, 11) is 0. The molecule has 26 heavy (non-hydrogen) atoms. The lowest BCUT2D eigenvalue weighted by molar-refractivity contribution is -0.143. The second kappa shape index (κ2) is 6.80. The van der Waals surface area contributed by atoms with E-state index in [9.17, 15) is 18.0 Å². The standard InChI is InChI=1S/C17H12ClF3N4O/c1-10-5-2-3-7-13(10)24-16(26)11-9-23-25(14(11)17(19,20)21)15-12(18)6-4-8-22-15/h2-9H,1H3,(H,24,26). The predicted octanol–water partition coefficient (Wildman–Crippen LogP) is 4.50. The zero-order valence-corrected chi connectivity index (χ0v) is 14.1. The first-order chi connectivity index (χ1) is 12.3. The normalized spacial score (nSPS) is 11.4. The smallest absolute Gasteiger partial charge is 0.322 e. The Hall–Kier alpha value is -2.87. The second-order valence-corrected chi connectivity index (χ2v) is 5.80. The van der Waals surface area contributed by atoms with Crippen LogP contribution in [0, 0.1) is 6.92 Å². The van der Waals surface area contributed by atoms with Gasteiger partial charge in [0.15, 0.2) is 11.5 Å². The zero-order valence-electron chi connectivity index (χ0n) is 13.4. The van der Waals surface area contributed by atoms with E-state index in [1.807, 2.05) is 0 Å². The van der Waals surface area contributed by atoms with Gasteiger partial charge in [0.1, 0.15) is 0 Å². The van der Waals surface area contributed by atoms with Crippen LogP contribution < -0.4 is 5.32 Å². The largest absolute Gasteiger partial charge is 0.434 e. The molecule has 3 rings (SSSR count). The Labute approximate surface area is 151 Å². The highest BCUT2D eigenvalue weighted by atomic mass is 35.5. The summed E-state index contributed by atoms with van der Waals surface area (Å²) < 4.78 is 41.4. The summed E-state index contributed by atoms with van der Waals surface area (Å²) in [6.45, 7) is 1.73. The molecule has 0 unspecified atom stereocenters. The second-order valence-electron chi connectivity index (χ2n) is 5.39. The summed E-state index contributed by atoms with van der Waals surface area (Å²) >= 11 is 5.93. The average molecular weight is 381 g/mol. The number of para-hydroxylation sites is 1. The lowest BCUT2D eigenvalue weighted by Crippen LogP contribution is -2.21. The van der Waals surface area contributed by atoms with E-state index in [1.165, 1.54) is 18.3 Å². The topological polar surface area (TPSA) is 59.8 Å². The molecule has 0 bridgehead atoms. The third kappa shape index (κ3) is 3.41. The SMILES string of the molecule is Cc1ccccc1NC(=O)c1cnn(-c2ncccc2Cl)c1C(F)(F)F. The number of halogens is 4. The summed E-state index contributed by atoms with van der Waals surface area (Å²) in [5.74, 6) is -1.14. The summed E-state index contributed by atoms with van der Waals surface area (Å²) in [4.78, 5) is 16.3. The molecule has 2 heterocycles. The summed E-state index contributed by atoms with van der Waals surface area (Å²) in [6, 6.07) is 9.63. The fourth-order valence-corrected chi connectivity index (χ4v) is 2.59. The van der Waals surface area contributed by atoms with E-state index in [4.69, 9.17) is 11.6 Å². The summed E-state index contributed by atoms with van der Waals surface area (Å²) in [5.41, 5.74) is -0.740. The Bertz CT molecular complexity index is 969. The molecule has 5 nitrogen and oxygen atoms in total. The molecule has 1 N–H and O–H groups in total. The highest BCUT2D eigenvalue weighted by Gasteiger charge is 2.41. The van der Waals surface area contributed by atoms with Crippen LogP contribution in [0.25, 0.3) is 5.82 Å². The van der Waals surface area contributed by atoms with Gasteiger partial charge in [-0.25, -0.2) is 9.67 Å². The minimum absolute atomic E-state index is 0.0213. The number of benzene rings is 1. The van der Waals surface area contributed by atoms with Crippen molar-refractivity contribution in [3.05, 3.63) is 70.6 Å². The number of alkyl halides is 3. The van der Waals surface area contributed by atoms with Gasteiger partial charge in [-0.2, -0.15) is 18.3 Å². The number of aromatic nitrogens is 3. The van der Waals surface area contributed by atoms with Crippen LogP contribution >= 0.6 is 11.6 Å². The molecule has 134 valence electrons. The van der Waals surface area contributed by atoms with Gasteiger partial charge in [0.25, 0.3) is 5.91 Å². The van der Waals surface area contributed by atoms with Gasteiger partial charge >= 0.3 is 6.18 Å². The van der Waals surface area contributed by atoms with Crippen LogP contribution in [-0.4, -0.2) is 20.7 Å². The zero-order chi connectivity index (χ0) is 18.9. The first kappa shape index (κ1) is 17.9. The van der Waals surface area contributed by atoms with E-state index in [0.717, 1.165) is 11.8 Å². The monoisotopic (exact) mass is 380 g/mol. The molecule has 0 saturated heterocycles. The highest BCUT2D eigenvalue weighted by Crippen LogP contribution is 2.34. The van der Waals surface area contributed by atoms with Crippen molar-refractivity contribution in [2.24, 2.45) is 0 Å². The van der Waals surface area contributed by atoms with Gasteiger partial charge in [0, 0.05) is 11.9 Å². The molecular formula is C17H12ClF3N4O. The van der Waals surface area contributed by atoms with Gasteiger partial charge in [-0.05, 0) is 30.7 Å². The van der Waals surface area contributed by atoms with Crippen LogP contribution in [-0.2, 0) is 6.18 Å². The minimum Gasteiger partial charge on any atom is -0.322 e. The number of hydrogen-bond acceptors (Lipinski definition) is 3. The van der Waals surface area contributed by atoms with Crippen molar-refractivity contribution in [1.82, 2.24) is 14.8 Å². The van der Waals surface area contributed by atoms with Crippen molar-refractivity contribution >= 4 is 23.2 Å². The number of rotatable bonds is 3. The van der Waals surface area contributed by atoms with E-state index in [2.05, 4.69) is 15.4 Å². The van der Waals surface area contributed by atoms with E-state index < -0.39 is 23.3 Å². The first-order valence-corrected chi connectivity index (χ1v) is 7.80. The third-order valence-electron chi connectivity index (χ3n) is 3.62. The van der Waals surface area contributed by atoms with Crippen molar-refractivity contribution in [1.29, 1.82) is 0 Å². The van der Waals surface area contributed by atoms with Crippen LogP contribution in [0.3, 0.4) is 0 Å². The maximum Gasteiger partial charge on any atom is 0.434 e. The van der Waals surface area contributed by atoms with Gasteiger partial charge in [0.05, 0.1) is 16.8 Å². The van der Waals surface area contributed by atoms with Gasteiger partial charge < -0.3 is 5.32 Å². The molecule has 0 aliphatic rings. The molecular weight excluding hydrogens is 369 g/mol. The van der Waals surface area contributed by atoms with Crippen molar-refractivity contribution < 1.29 is 18.0 Å². The molecule has 0 fully saturated rings. The first-order valence-electron chi connectivity index (χ1n) is 7.42. The number of anilines is 1. The molecule has 9 heteroatoms. The van der Waals surface area contributed by atoms with Crippen LogP contribution in [0.15, 0.2) is 48.8 Å². The summed E-state index contributed by atoms with van der Waals surface area (Å²) in [6.07, 6.45) is -2.70. The molecule has 0 atom stereocenters. The van der Waals surface area contributed by atoms with Crippen molar-refractivity contribution in [3.8, 4) is 5.82 Å². The van der Waals surface area contributed by atoms with E-state index >= 15 is 0 Å². The van der Waals surface area contributed by atoms with Crippen molar-refractivity contribution in [2.75, 3.05) is 5.32 Å². The number of carbonyl (C=O) groups excluding carboxylic acids is 1. The van der Waals surface area contributed by atoms with Gasteiger partial charge in [-0.1, -0.05) is 29.8 Å². The number of nitrogens with zero attached hydrogens (tertiary/aromatic N) is 3. The number of aryl methyl sites for hydroxylation is 1. The van der Waals surface area contributed by atoms with Crippen molar-refractivity contribution in [2.45, 2.75) is 13.1 Å². The molecule has 1 aromatic carbocycles. The average Bonchev–Trinajstić information content (AvgIpc) is 3.02. The highest BCUT2D eigenvalue weighted by molar-refractivity contribution is 6.32. The molecule has 2 aromatic heterocycles. The Morgan fingerprint density at radius 1 is 1.19 bits per heavy atom. The minimum atomic E-state index is -4.84. The van der Waals surface area contributed by atoms with E-state index in [1.54, 1.807) is 31.2 Å². The quantitative estimate of drug-likeness (QED) is 0.727. The summed E-state index contributed by atoms with van der Waals surface area (Å²) in [5, 5.41) is 6.14. The lowest BCUT2D eigenvalue weighted by atomic mass is 10.1. The fourth-order valence-electron chi connectivity index (χ4n) is 2.38. The Balaban J connectivity index is 2.07. The molecule has 0 aliphatic carbocycles. The van der Waals surface area contributed by atoms with Gasteiger partial charge in [0.2, 0.25) is 0 Å². The Morgan fingerprint density at radius 3 is 2.58 bits per heavy atom. The molecule has 1 amide bonds. The maximum absolute atomic E-state index is 13.6. The third-order valence-corrected chi connectivity index (χ3v) is 3.91. The van der Waals surface area contributed by atoms with Crippen LogP contribution in [0.2, 0.25) is 5.02 Å². The predicted molar refractivity (Wildman–Crippen MR) is 90.5 cm³/mol. The lowest BCUT2D eigenvalue weighted by Gasteiger charge is -2.13. The van der Waals surface area contributed by atoms with Crippen LogP contribution in [0.5, 0.6) is 0 Å². The fraction of sp³-hybridized carbons (Fsp3) is 0.118. The van der Waals surface area contributed by atoms with Gasteiger partial charge in [-0.15, -0.1) is 0 Å². The number of pyridine rings is 1. The van der Waals surface area contributed by atoms with Gasteiger partial charge in [-0.3, -0.25) is 4.79 Å². The molecule has 0 spiro atoms. The molecule has 0 aliphatic heterocycles. The van der Waals surface area contributed by atoms with E-state index in [0.29, 0.717) is 10.4 Å². The number of amides is 1.